The van der Waals surface area contributed by atoms with Gasteiger partial charge in [0.05, 0.1) is 24.4 Å². The highest BCUT2D eigenvalue weighted by Gasteiger charge is 2.45. The Morgan fingerprint density at radius 3 is 2.47 bits per heavy atom. The third-order valence-electron chi connectivity index (χ3n) is 7.10. The normalized spacial score (nSPS) is 22.3. The fourth-order valence-electron chi connectivity index (χ4n) is 5.20. The van der Waals surface area contributed by atoms with Crippen LogP contribution in [0.4, 0.5) is 5.69 Å². The van der Waals surface area contributed by atoms with Crippen molar-refractivity contribution in [3.63, 3.8) is 0 Å². The molecule has 34 heavy (non-hydrogen) atoms. The van der Waals surface area contributed by atoms with Gasteiger partial charge in [-0.1, -0.05) is 43.2 Å². The third-order valence-corrected chi connectivity index (χ3v) is 7.10. The van der Waals surface area contributed by atoms with Crippen molar-refractivity contribution >= 4 is 35.6 Å². The van der Waals surface area contributed by atoms with Crippen LogP contribution in [0.5, 0.6) is 5.75 Å². The average Bonchev–Trinajstić information content (AvgIpc) is 3.52. The van der Waals surface area contributed by atoms with Gasteiger partial charge in [-0.15, -0.1) is 0 Å². The first kappa shape index (κ1) is 22.2. The highest BCUT2D eigenvalue weighted by atomic mass is 16.5. The van der Waals surface area contributed by atoms with Crippen molar-refractivity contribution in [3.05, 3.63) is 59.2 Å². The zero-order chi connectivity index (χ0) is 23.7. The van der Waals surface area contributed by atoms with Crippen molar-refractivity contribution in [2.45, 2.75) is 44.2 Å². The van der Waals surface area contributed by atoms with E-state index >= 15 is 0 Å². The molecular weight excluding hydrogens is 430 g/mol. The number of methoxy groups -OCH3 is 1. The summed E-state index contributed by atoms with van der Waals surface area (Å²) >= 11 is 0. The number of hydrogen-bond donors (Lipinski definition) is 2. The van der Waals surface area contributed by atoms with Gasteiger partial charge in [0.15, 0.2) is 0 Å². The van der Waals surface area contributed by atoms with Crippen LogP contribution < -0.4 is 15.4 Å². The van der Waals surface area contributed by atoms with E-state index in [1.54, 1.807) is 18.1 Å². The lowest BCUT2D eigenvalue weighted by molar-refractivity contribution is -0.126. The topological polar surface area (TPSA) is 87.7 Å². The van der Waals surface area contributed by atoms with Crippen molar-refractivity contribution in [1.82, 2.24) is 10.2 Å². The lowest BCUT2D eigenvalue weighted by Gasteiger charge is -2.25. The van der Waals surface area contributed by atoms with E-state index in [0.717, 1.165) is 42.6 Å². The number of benzene rings is 2. The monoisotopic (exact) mass is 459 g/mol. The van der Waals surface area contributed by atoms with Crippen molar-refractivity contribution in [2.24, 2.45) is 5.92 Å². The molecule has 2 N–H and O–H groups in total. The lowest BCUT2D eigenvalue weighted by Crippen LogP contribution is -2.52. The van der Waals surface area contributed by atoms with E-state index in [0.29, 0.717) is 24.2 Å². The molecule has 0 bridgehead atoms. The maximum absolute atomic E-state index is 13.4. The van der Waals surface area contributed by atoms with E-state index in [1.807, 2.05) is 48.6 Å². The molecule has 2 heterocycles. The number of amides is 3. The molecule has 2 fully saturated rings. The summed E-state index contributed by atoms with van der Waals surface area (Å²) < 4.78 is 5.19. The molecule has 0 aromatic heterocycles. The summed E-state index contributed by atoms with van der Waals surface area (Å²) in [5.74, 6) is 0.396. The van der Waals surface area contributed by atoms with E-state index in [9.17, 15) is 14.4 Å². The van der Waals surface area contributed by atoms with Gasteiger partial charge in [0.25, 0.3) is 5.91 Å². The number of ether oxygens (including phenoxy) is 1. The molecule has 3 aliphatic rings. The van der Waals surface area contributed by atoms with Crippen LogP contribution in [0.1, 0.15) is 53.6 Å². The molecule has 2 aromatic rings. The molecule has 7 heteroatoms. The summed E-state index contributed by atoms with van der Waals surface area (Å²) in [5.41, 5.74) is 2.85. The first-order valence-electron chi connectivity index (χ1n) is 11.9. The van der Waals surface area contributed by atoms with Gasteiger partial charge in [0, 0.05) is 12.5 Å². The molecule has 3 amide bonds. The van der Waals surface area contributed by atoms with Gasteiger partial charge in [0.1, 0.15) is 11.8 Å². The predicted molar refractivity (Wildman–Crippen MR) is 130 cm³/mol. The minimum absolute atomic E-state index is 0.0114. The first-order valence-corrected chi connectivity index (χ1v) is 11.9. The van der Waals surface area contributed by atoms with E-state index < -0.39 is 6.04 Å². The van der Waals surface area contributed by atoms with Gasteiger partial charge in [0.2, 0.25) is 11.8 Å². The van der Waals surface area contributed by atoms with Gasteiger partial charge in [-0.2, -0.15) is 0 Å². The Morgan fingerprint density at radius 2 is 1.74 bits per heavy atom. The van der Waals surface area contributed by atoms with Crippen LogP contribution in [0.2, 0.25) is 0 Å². The Balaban J connectivity index is 1.34. The van der Waals surface area contributed by atoms with E-state index in [-0.39, 0.29) is 29.7 Å². The van der Waals surface area contributed by atoms with Crippen molar-refractivity contribution < 1.29 is 19.1 Å². The summed E-state index contributed by atoms with van der Waals surface area (Å²) in [6.07, 6.45) is 8.42. The molecule has 0 spiro atoms. The maximum Gasteiger partial charge on any atom is 0.256 e. The van der Waals surface area contributed by atoms with E-state index in [1.165, 1.54) is 0 Å². The van der Waals surface area contributed by atoms with Gasteiger partial charge < -0.3 is 20.3 Å². The molecule has 5 rings (SSSR count). The van der Waals surface area contributed by atoms with Crippen molar-refractivity contribution in [1.29, 1.82) is 0 Å². The molecular formula is C27H29N3O4. The SMILES string of the molecule is COc1ccc(C=Cc2ccc3c(c2)C(=O)N2CCC(NC(=O)C4CCCC4)C2C(=O)N3)cc1. The Morgan fingerprint density at radius 1 is 1.03 bits per heavy atom. The van der Waals surface area contributed by atoms with Crippen LogP contribution in [-0.4, -0.2) is 48.4 Å². The second-order valence-electron chi connectivity index (χ2n) is 9.23. The molecule has 176 valence electrons. The molecule has 1 saturated carbocycles. The molecule has 1 aliphatic carbocycles. The number of rotatable bonds is 5. The predicted octanol–water partition coefficient (Wildman–Crippen LogP) is 3.71. The number of carbonyl (C=O) groups excluding carboxylic acids is 3. The lowest BCUT2D eigenvalue weighted by atomic mass is 10.0. The molecule has 1 saturated heterocycles. The summed E-state index contributed by atoms with van der Waals surface area (Å²) in [7, 11) is 1.63. The largest absolute Gasteiger partial charge is 0.497 e. The minimum atomic E-state index is -0.691. The Kier molecular flexibility index (Phi) is 6.09. The van der Waals surface area contributed by atoms with Gasteiger partial charge in [-0.3, -0.25) is 14.4 Å². The fourth-order valence-corrected chi connectivity index (χ4v) is 5.20. The van der Waals surface area contributed by atoms with Gasteiger partial charge in [-0.05, 0) is 54.7 Å². The highest BCUT2D eigenvalue weighted by Crippen LogP contribution is 2.31. The minimum Gasteiger partial charge on any atom is -0.497 e. The van der Waals surface area contributed by atoms with Crippen LogP contribution in [0.25, 0.3) is 12.2 Å². The molecule has 2 atom stereocenters. The number of nitrogens with one attached hydrogen (secondary N) is 2. The number of carbonyl (C=O) groups is 3. The zero-order valence-corrected chi connectivity index (χ0v) is 19.3. The third kappa shape index (κ3) is 4.30. The van der Waals surface area contributed by atoms with Crippen LogP contribution in [-0.2, 0) is 9.59 Å². The molecule has 2 aliphatic heterocycles. The standard InChI is InChI=1S/C27H29N3O4/c1-34-20-11-8-17(9-12-20)6-7-18-10-13-22-21(16-18)27(33)30-15-14-23(24(30)26(32)28-22)29-25(31)19-4-2-3-5-19/h6-13,16,19,23-24H,2-5,14-15H2,1H3,(H,28,32)(H,29,31). The number of anilines is 1. The second kappa shape index (κ2) is 9.33. The van der Waals surface area contributed by atoms with Crippen molar-refractivity contribution in [3.8, 4) is 5.75 Å². The second-order valence-corrected chi connectivity index (χ2v) is 9.23. The summed E-state index contributed by atoms with van der Waals surface area (Å²) in [5, 5.41) is 5.99. The average molecular weight is 460 g/mol. The Hall–Kier alpha value is -3.61. The summed E-state index contributed by atoms with van der Waals surface area (Å²) in [6.45, 7) is 0.442. The molecule has 0 radical (unpaired) electrons. The van der Waals surface area contributed by atoms with E-state index in [2.05, 4.69) is 10.6 Å². The maximum atomic E-state index is 13.4. The number of fused-ring (bicyclic) bond motifs is 2. The molecule has 2 unspecified atom stereocenters. The molecule has 2 aromatic carbocycles. The fraction of sp³-hybridized carbons (Fsp3) is 0.370. The van der Waals surface area contributed by atoms with Gasteiger partial charge >= 0.3 is 0 Å². The van der Waals surface area contributed by atoms with Crippen LogP contribution in [0.15, 0.2) is 42.5 Å². The molecule has 7 nitrogen and oxygen atoms in total. The highest BCUT2D eigenvalue weighted by molar-refractivity contribution is 6.11. The van der Waals surface area contributed by atoms with Crippen LogP contribution >= 0.6 is 0 Å². The quantitative estimate of drug-likeness (QED) is 0.668. The van der Waals surface area contributed by atoms with Crippen LogP contribution in [0.3, 0.4) is 0 Å². The Labute approximate surface area is 199 Å². The summed E-state index contributed by atoms with van der Waals surface area (Å²) in [6, 6.07) is 12.1. The first-order chi connectivity index (χ1) is 16.5. The zero-order valence-electron chi connectivity index (χ0n) is 19.3. The number of hydrogen-bond acceptors (Lipinski definition) is 4. The number of nitrogens with zero attached hydrogens (tertiary/aromatic N) is 1. The van der Waals surface area contributed by atoms with Crippen LogP contribution in [0, 0.1) is 5.92 Å². The Bertz CT molecular complexity index is 1140. The van der Waals surface area contributed by atoms with E-state index in [4.69, 9.17) is 4.74 Å². The smallest absolute Gasteiger partial charge is 0.256 e. The van der Waals surface area contributed by atoms with Crippen molar-refractivity contribution in [2.75, 3.05) is 19.0 Å². The van der Waals surface area contributed by atoms with Gasteiger partial charge in [-0.25, -0.2) is 0 Å². The summed E-state index contributed by atoms with van der Waals surface area (Å²) in [4.78, 5) is 40.8.